The van der Waals surface area contributed by atoms with Crippen molar-refractivity contribution >= 4 is 17.5 Å². The van der Waals surface area contributed by atoms with Crippen LogP contribution in [0.25, 0.3) is 11.1 Å². The minimum absolute atomic E-state index is 0.00770. The van der Waals surface area contributed by atoms with Crippen molar-refractivity contribution in [1.82, 2.24) is 5.32 Å². The van der Waals surface area contributed by atoms with Gasteiger partial charge in [-0.05, 0) is 41.5 Å². The number of nitrogens with one attached hydrogen (secondary N) is 1. The molecule has 0 atom stereocenters. The number of benzene rings is 3. The molecule has 34 heavy (non-hydrogen) atoms. The molecule has 0 aliphatic carbocycles. The van der Waals surface area contributed by atoms with E-state index in [4.69, 9.17) is 11.6 Å². The molecule has 1 N–H and O–H groups in total. The van der Waals surface area contributed by atoms with E-state index in [2.05, 4.69) is 0 Å². The van der Waals surface area contributed by atoms with Gasteiger partial charge in [0.15, 0.2) is 0 Å². The molecule has 1 amide bonds. The molecular formula is C23H14ClF8NO. The Hall–Kier alpha value is -3.14. The number of hydrogen-bond donors (Lipinski definition) is 1. The van der Waals surface area contributed by atoms with Crippen LogP contribution >= 0.6 is 11.6 Å². The summed E-state index contributed by atoms with van der Waals surface area (Å²) in [5.74, 6) is -5.74. The van der Waals surface area contributed by atoms with Crippen LogP contribution in [0.15, 0.2) is 66.7 Å². The third-order valence-electron chi connectivity index (χ3n) is 4.84. The minimum Gasteiger partial charge on any atom is -0.346 e. The van der Waals surface area contributed by atoms with Crippen molar-refractivity contribution in [2.45, 2.75) is 18.3 Å². The van der Waals surface area contributed by atoms with Crippen LogP contribution in [0.5, 0.6) is 0 Å². The summed E-state index contributed by atoms with van der Waals surface area (Å²) >= 11 is 5.75. The Morgan fingerprint density at radius 2 is 1.26 bits per heavy atom. The molecular weight excluding hydrogens is 494 g/mol. The lowest BCUT2D eigenvalue weighted by molar-refractivity contribution is -0.142. The van der Waals surface area contributed by atoms with Crippen molar-refractivity contribution in [3.63, 3.8) is 0 Å². The first-order chi connectivity index (χ1) is 15.7. The van der Waals surface area contributed by atoms with E-state index in [1.807, 2.05) is 0 Å². The monoisotopic (exact) mass is 507 g/mol. The Morgan fingerprint density at radius 3 is 1.85 bits per heavy atom. The first-order valence-electron chi connectivity index (χ1n) is 9.50. The van der Waals surface area contributed by atoms with E-state index in [-0.39, 0.29) is 5.56 Å². The molecule has 3 rings (SSSR count). The van der Waals surface area contributed by atoms with Crippen molar-refractivity contribution in [2.75, 3.05) is 6.54 Å². The molecule has 0 aliphatic heterocycles. The lowest BCUT2D eigenvalue weighted by atomic mass is 9.95. The van der Waals surface area contributed by atoms with Crippen LogP contribution in [-0.2, 0) is 18.3 Å². The van der Waals surface area contributed by atoms with Crippen molar-refractivity contribution in [3.05, 3.63) is 94.0 Å². The van der Waals surface area contributed by atoms with Gasteiger partial charge >= 0.3 is 12.4 Å². The zero-order chi connectivity index (χ0) is 25.3. The summed E-state index contributed by atoms with van der Waals surface area (Å²) in [6.45, 7) is -1.65. The Morgan fingerprint density at radius 1 is 0.706 bits per heavy atom. The van der Waals surface area contributed by atoms with Crippen LogP contribution in [0.4, 0.5) is 35.1 Å². The molecule has 11 heteroatoms. The molecule has 180 valence electrons. The average Bonchev–Trinajstić information content (AvgIpc) is 2.76. The first kappa shape index (κ1) is 25.5. The predicted octanol–water partition coefficient (Wildman–Crippen LogP) is 7.57. The van der Waals surface area contributed by atoms with E-state index < -0.39 is 53.0 Å². The normalized spacial score (nSPS) is 12.5. The number of carbonyl (C=O) groups is 1. The summed E-state index contributed by atoms with van der Waals surface area (Å²) in [4.78, 5) is 12.2. The van der Waals surface area contributed by atoms with Crippen LogP contribution < -0.4 is 5.32 Å². The van der Waals surface area contributed by atoms with Crippen LogP contribution in [0.3, 0.4) is 0 Å². The minimum atomic E-state index is -5.17. The maximum atomic E-state index is 14.8. The third kappa shape index (κ3) is 5.67. The zero-order valence-corrected chi connectivity index (χ0v) is 17.6. The Balaban J connectivity index is 1.91. The number of alkyl halides is 8. The van der Waals surface area contributed by atoms with E-state index in [9.17, 15) is 39.9 Å². The number of hydrogen-bond acceptors (Lipinski definition) is 1. The maximum absolute atomic E-state index is 14.8. The fraction of sp³-hybridized carbons (Fsp3) is 0.174. The smallest absolute Gasteiger partial charge is 0.346 e. The van der Waals surface area contributed by atoms with Gasteiger partial charge in [0.2, 0.25) is 0 Å². The molecule has 0 bridgehead atoms. The molecule has 0 spiro atoms. The molecule has 0 radical (unpaired) electrons. The Bertz CT molecular complexity index is 1190. The van der Waals surface area contributed by atoms with Gasteiger partial charge in [0.25, 0.3) is 11.8 Å². The highest BCUT2D eigenvalue weighted by Gasteiger charge is 2.43. The summed E-state index contributed by atoms with van der Waals surface area (Å²) in [6, 6.07) is 11.3. The Kier molecular flexibility index (Phi) is 6.93. The summed E-state index contributed by atoms with van der Waals surface area (Å²) in [5, 5.41) is 1.94. The van der Waals surface area contributed by atoms with Gasteiger partial charge in [-0.15, -0.1) is 0 Å². The molecule has 0 fully saturated rings. The molecule has 0 saturated heterocycles. The van der Waals surface area contributed by atoms with Crippen molar-refractivity contribution in [3.8, 4) is 11.1 Å². The molecule has 3 aromatic carbocycles. The predicted molar refractivity (Wildman–Crippen MR) is 110 cm³/mol. The van der Waals surface area contributed by atoms with E-state index in [1.54, 1.807) is 5.32 Å². The zero-order valence-electron chi connectivity index (χ0n) is 16.9. The van der Waals surface area contributed by atoms with E-state index in [0.29, 0.717) is 28.8 Å². The van der Waals surface area contributed by atoms with E-state index in [1.165, 1.54) is 24.3 Å². The largest absolute Gasteiger partial charge is 0.417 e. The molecule has 0 unspecified atom stereocenters. The molecule has 0 saturated carbocycles. The van der Waals surface area contributed by atoms with Crippen molar-refractivity contribution in [2.24, 2.45) is 0 Å². The highest BCUT2D eigenvalue weighted by molar-refractivity contribution is 6.30. The fourth-order valence-corrected chi connectivity index (χ4v) is 3.36. The summed E-state index contributed by atoms with van der Waals surface area (Å²) in [5.41, 5.74) is -5.08. The molecule has 0 aliphatic rings. The number of halogens is 9. The summed E-state index contributed by atoms with van der Waals surface area (Å²) in [7, 11) is 0. The van der Waals surface area contributed by atoms with Gasteiger partial charge in [-0.1, -0.05) is 48.0 Å². The average molecular weight is 508 g/mol. The second-order valence-electron chi connectivity index (χ2n) is 7.20. The number of amides is 1. The summed E-state index contributed by atoms with van der Waals surface area (Å²) < 4.78 is 110. The van der Waals surface area contributed by atoms with Gasteiger partial charge in [0.05, 0.1) is 23.2 Å². The molecule has 2 nitrogen and oxygen atoms in total. The summed E-state index contributed by atoms with van der Waals surface area (Å²) in [6.07, 6.45) is -10.1. The van der Waals surface area contributed by atoms with E-state index in [0.717, 1.165) is 24.3 Å². The van der Waals surface area contributed by atoms with Crippen molar-refractivity contribution < 1.29 is 39.9 Å². The fourth-order valence-electron chi connectivity index (χ4n) is 3.23. The molecule has 3 aromatic rings. The van der Waals surface area contributed by atoms with Gasteiger partial charge in [-0.3, -0.25) is 4.79 Å². The van der Waals surface area contributed by atoms with Crippen LogP contribution in [-0.4, -0.2) is 12.5 Å². The second-order valence-corrected chi connectivity index (χ2v) is 7.63. The topological polar surface area (TPSA) is 29.1 Å². The van der Waals surface area contributed by atoms with Crippen LogP contribution in [0.1, 0.15) is 27.0 Å². The van der Waals surface area contributed by atoms with Gasteiger partial charge in [-0.25, -0.2) is 0 Å². The van der Waals surface area contributed by atoms with Crippen molar-refractivity contribution in [1.29, 1.82) is 0 Å². The highest BCUT2D eigenvalue weighted by atomic mass is 35.5. The van der Waals surface area contributed by atoms with Gasteiger partial charge in [0, 0.05) is 10.6 Å². The first-order valence-corrected chi connectivity index (χ1v) is 9.88. The van der Waals surface area contributed by atoms with Gasteiger partial charge in [-0.2, -0.15) is 35.1 Å². The number of rotatable bonds is 5. The third-order valence-corrected chi connectivity index (χ3v) is 5.10. The quantitative estimate of drug-likeness (QED) is 0.355. The number of carbonyl (C=O) groups excluding carboxylic acids is 1. The lowest BCUT2D eigenvalue weighted by Gasteiger charge is -2.23. The van der Waals surface area contributed by atoms with Gasteiger partial charge in [0.1, 0.15) is 0 Å². The molecule has 0 heterocycles. The SMILES string of the molecule is O=C(NCC(F)(F)c1ccc(-c2ccc(Cl)cc2)cc1C(F)(F)F)c1ccccc1C(F)(F)F. The standard InChI is InChI=1S/C23H14ClF8NO/c24-15-8-5-13(6-9-15)14-7-10-18(19(11-14)23(30,31)32)21(25,26)12-33-20(34)16-3-1-2-4-17(16)22(27,28)29/h1-11H,12H2,(H,33,34). The van der Waals surface area contributed by atoms with Gasteiger partial charge < -0.3 is 5.32 Å². The van der Waals surface area contributed by atoms with E-state index >= 15 is 0 Å². The Labute approximate surface area is 193 Å². The second kappa shape index (κ2) is 9.25. The lowest BCUT2D eigenvalue weighted by Crippen LogP contribution is -2.37. The molecule has 0 aromatic heterocycles. The maximum Gasteiger partial charge on any atom is 0.417 e. The highest BCUT2D eigenvalue weighted by Crippen LogP contribution is 2.41. The van der Waals surface area contributed by atoms with Crippen LogP contribution in [0, 0.1) is 0 Å². The van der Waals surface area contributed by atoms with Crippen LogP contribution in [0.2, 0.25) is 5.02 Å².